The highest BCUT2D eigenvalue weighted by Gasteiger charge is 2.07. The molecule has 0 heterocycles. The molecule has 2 nitrogen and oxygen atoms in total. The van der Waals surface area contributed by atoms with Gasteiger partial charge in [-0.2, -0.15) is 0 Å². The smallest absolute Gasteiger partial charge is 0.118 e. The molecule has 1 unspecified atom stereocenters. The Kier molecular flexibility index (Phi) is 8.31. The minimum Gasteiger partial charge on any atom is -0.497 e. The number of rotatable bonds is 10. The van der Waals surface area contributed by atoms with Gasteiger partial charge in [-0.1, -0.05) is 38.8 Å². The van der Waals surface area contributed by atoms with E-state index in [4.69, 9.17) is 4.74 Å². The molecule has 0 radical (unpaired) electrons. The molecule has 108 valence electrons. The first-order valence-electron chi connectivity index (χ1n) is 7.66. The van der Waals surface area contributed by atoms with Crippen molar-refractivity contribution in [3.05, 3.63) is 29.8 Å². The Morgan fingerprint density at radius 3 is 2.37 bits per heavy atom. The quantitative estimate of drug-likeness (QED) is 0.683. The lowest BCUT2D eigenvalue weighted by atomic mass is 10.0. The van der Waals surface area contributed by atoms with Gasteiger partial charge in [0, 0.05) is 6.04 Å². The molecular formula is C17H29NO. The average molecular weight is 263 g/mol. The molecule has 0 fully saturated rings. The SMILES string of the molecule is CCCCC(CCc1ccc(OC)cc1)NCCC. The number of aryl methyl sites for hydroxylation is 1. The van der Waals surface area contributed by atoms with Crippen LogP contribution in [0, 0.1) is 0 Å². The summed E-state index contributed by atoms with van der Waals surface area (Å²) in [6, 6.07) is 9.12. The molecule has 0 aromatic heterocycles. The van der Waals surface area contributed by atoms with Crippen molar-refractivity contribution in [2.24, 2.45) is 0 Å². The number of hydrogen-bond donors (Lipinski definition) is 1. The lowest BCUT2D eigenvalue weighted by molar-refractivity contribution is 0.414. The van der Waals surface area contributed by atoms with E-state index in [0.717, 1.165) is 18.7 Å². The Morgan fingerprint density at radius 1 is 1.05 bits per heavy atom. The largest absolute Gasteiger partial charge is 0.497 e. The summed E-state index contributed by atoms with van der Waals surface area (Å²) in [5, 5.41) is 3.67. The van der Waals surface area contributed by atoms with Crippen molar-refractivity contribution in [1.82, 2.24) is 5.32 Å². The second kappa shape index (κ2) is 9.85. The normalized spacial score (nSPS) is 12.4. The first-order valence-corrected chi connectivity index (χ1v) is 7.66. The monoisotopic (exact) mass is 263 g/mol. The number of methoxy groups -OCH3 is 1. The third-order valence-corrected chi connectivity index (χ3v) is 3.53. The molecule has 1 N–H and O–H groups in total. The average Bonchev–Trinajstić information content (AvgIpc) is 2.47. The van der Waals surface area contributed by atoms with Gasteiger partial charge < -0.3 is 10.1 Å². The molecule has 0 amide bonds. The van der Waals surface area contributed by atoms with Crippen LogP contribution >= 0.6 is 0 Å². The molecule has 0 aliphatic rings. The molecule has 2 heteroatoms. The Labute approximate surface area is 118 Å². The van der Waals surface area contributed by atoms with Gasteiger partial charge in [0.1, 0.15) is 5.75 Å². The van der Waals surface area contributed by atoms with Gasteiger partial charge in [-0.25, -0.2) is 0 Å². The number of nitrogens with one attached hydrogen (secondary N) is 1. The van der Waals surface area contributed by atoms with Crippen molar-refractivity contribution in [3.63, 3.8) is 0 Å². The highest BCUT2D eigenvalue weighted by atomic mass is 16.5. The fraction of sp³-hybridized carbons (Fsp3) is 0.647. The van der Waals surface area contributed by atoms with E-state index in [0.29, 0.717) is 6.04 Å². The van der Waals surface area contributed by atoms with E-state index >= 15 is 0 Å². The maximum Gasteiger partial charge on any atom is 0.118 e. The number of unbranched alkanes of at least 4 members (excludes halogenated alkanes) is 1. The Morgan fingerprint density at radius 2 is 1.79 bits per heavy atom. The van der Waals surface area contributed by atoms with Gasteiger partial charge in [0.05, 0.1) is 7.11 Å². The van der Waals surface area contributed by atoms with Crippen LogP contribution < -0.4 is 10.1 Å². The van der Waals surface area contributed by atoms with Gasteiger partial charge in [0.15, 0.2) is 0 Å². The minimum absolute atomic E-state index is 0.669. The van der Waals surface area contributed by atoms with Crippen molar-refractivity contribution < 1.29 is 4.74 Å². The summed E-state index contributed by atoms with van der Waals surface area (Å²) < 4.78 is 5.19. The zero-order valence-electron chi connectivity index (χ0n) is 12.7. The molecule has 1 atom stereocenters. The third kappa shape index (κ3) is 6.63. The van der Waals surface area contributed by atoms with E-state index in [1.54, 1.807) is 7.11 Å². The van der Waals surface area contributed by atoms with Gasteiger partial charge in [0.2, 0.25) is 0 Å². The molecule has 0 saturated heterocycles. The molecule has 0 bridgehead atoms. The summed E-state index contributed by atoms with van der Waals surface area (Å²) in [7, 11) is 1.71. The zero-order valence-corrected chi connectivity index (χ0v) is 12.7. The standard InChI is InChI=1S/C17H29NO/c1-4-6-7-16(18-14-5-2)11-8-15-9-12-17(19-3)13-10-15/h9-10,12-13,16,18H,4-8,11,14H2,1-3H3. The van der Waals surface area contributed by atoms with Crippen LogP contribution in [0.1, 0.15) is 51.5 Å². The molecule has 0 saturated carbocycles. The van der Waals surface area contributed by atoms with Gasteiger partial charge in [-0.15, -0.1) is 0 Å². The van der Waals surface area contributed by atoms with Crippen LogP contribution in [0.25, 0.3) is 0 Å². The van der Waals surface area contributed by atoms with Crippen molar-refractivity contribution in [1.29, 1.82) is 0 Å². The van der Waals surface area contributed by atoms with Crippen molar-refractivity contribution in [3.8, 4) is 5.75 Å². The van der Waals surface area contributed by atoms with E-state index in [-0.39, 0.29) is 0 Å². The summed E-state index contributed by atoms with van der Waals surface area (Å²) in [5.41, 5.74) is 1.40. The highest BCUT2D eigenvalue weighted by molar-refractivity contribution is 5.27. The summed E-state index contributed by atoms with van der Waals surface area (Å²) in [6.45, 7) is 5.63. The van der Waals surface area contributed by atoms with E-state index in [2.05, 4.69) is 43.4 Å². The molecule has 0 aliphatic heterocycles. The zero-order chi connectivity index (χ0) is 13.9. The fourth-order valence-corrected chi connectivity index (χ4v) is 2.28. The van der Waals surface area contributed by atoms with Crippen molar-refractivity contribution in [2.45, 2.75) is 58.4 Å². The Balaban J connectivity index is 2.39. The van der Waals surface area contributed by atoms with Gasteiger partial charge in [-0.05, 0) is 49.9 Å². The molecule has 1 aromatic rings. The molecule has 0 spiro atoms. The summed E-state index contributed by atoms with van der Waals surface area (Å²) in [6.07, 6.45) is 7.50. The first kappa shape index (κ1) is 16.0. The predicted molar refractivity (Wildman–Crippen MR) is 82.9 cm³/mol. The molecule has 1 aromatic carbocycles. The lowest BCUT2D eigenvalue weighted by Crippen LogP contribution is -2.30. The van der Waals surface area contributed by atoms with Gasteiger partial charge >= 0.3 is 0 Å². The number of benzene rings is 1. The van der Waals surface area contributed by atoms with E-state index in [1.165, 1.54) is 37.7 Å². The first-order chi connectivity index (χ1) is 9.30. The number of hydrogen-bond acceptors (Lipinski definition) is 2. The van der Waals surface area contributed by atoms with E-state index in [9.17, 15) is 0 Å². The number of ether oxygens (including phenoxy) is 1. The lowest BCUT2D eigenvalue weighted by Gasteiger charge is -2.18. The van der Waals surface area contributed by atoms with Crippen LogP contribution in [0.15, 0.2) is 24.3 Å². The maximum absolute atomic E-state index is 5.19. The Bertz CT molecular complexity index is 313. The topological polar surface area (TPSA) is 21.3 Å². The maximum atomic E-state index is 5.19. The predicted octanol–water partition coefficient (Wildman–Crippen LogP) is 4.19. The van der Waals surface area contributed by atoms with E-state index in [1.807, 2.05) is 0 Å². The molecular weight excluding hydrogens is 234 g/mol. The molecule has 0 aliphatic carbocycles. The van der Waals surface area contributed by atoms with Gasteiger partial charge in [-0.3, -0.25) is 0 Å². The van der Waals surface area contributed by atoms with Crippen LogP contribution in [0.5, 0.6) is 5.75 Å². The minimum atomic E-state index is 0.669. The Hall–Kier alpha value is -1.02. The molecule has 1 rings (SSSR count). The molecule has 19 heavy (non-hydrogen) atoms. The summed E-state index contributed by atoms with van der Waals surface area (Å²) >= 11 is 0. The second-order valence-electron chi connectivity index (χ2n) is 5.18. The van der Waals surface area contributed by atoms with Crippen LogP contribution in [0.3, 0.4) is 0 Å². The van der Waals surface area contributed by atoms with E-state index < -0.39 is 0 Å². The summed E-state index contributed by atoms with van der Waals surface area (Å²) in [4.78, 5) is 0. The van der Waals surface area contributed by atoms with Crippen LogP contribution in [0.4, 0.5) is 0 Å². The highest BCUT2D eigenvalue weighted by Crippen LogP contribution is 2.14. The second-order valence-corrected chi connectivity index (χ2v) is 5.18. The van der Waals surface area contributed by atoms with Crippen molar-refractivity contribution >= 4 is 0 Å². The third-order valence-electron chi connectivity index (χ3n) is 3.53. The van der Waals surface area contributed by atoms with Crippen LogP contribution in [-0.2, 0) is 6.42 Å². The fourth-order valence-electron chi connectivity index (χ4n) is 2.28. The van der Waals surface area contributed by atoms with Crippen LogP contribution in [-0.4, -0.2) is 19.7 Å². The van der Waals surface area contributed by atoms with Crippen LogP contribution in [0.2, 0.25) is 0 Å². The van der Waals surface area contributed by atoms with Gasteiger partial charge in [0.25, 0.3) is 0 Å². The summed E-state index contributed by atoms with van der Waals surface area (Å²) in [5.74, 6) is 0.940. The van der Waals surface area contributed by atoms with Crippen molar-refractivity contribution in [2.75, 3.05) is 13.7 Å².